The van der Waals surface area contributed by atoms with Crippen molar-refractivity contribution in [3.8, 4) is 6.07 Å². The molecule has 2 unspecified atom stereocenters. The van der Waals surface area contributed by atoms with E-state index in [9.17, 15) is 8.42 Å². The average Bonchev–Trinajstić information content (AvgIpc) is 2.47. The first kappa shape index (κ1) is 14.9. The number of rotatable bonds is 3. The van der Waals surface area contributed by atoms with Crippen molar-refractivity contribution in [2.75, 3.05) is 13.1 Å². The molecular weight excluding hydrogens is 276 g/mol. The Balaban J connectivity index is 2.33. The Morgan fingerprint density at radius 3 is 3.00 bits per heavy atom. The molecule has 1 aromatic heterocycles. The minimum atomic E-state index is -3.68. The van der Waals surface area contributed by atoms with Gasteiger partial charge in [0.1, 0.15) is 11.0 Å². The maximum Gasteiger partial charge on any atom is 0.245 e. The van der Waals surface area contributed by atoms with Gasteiger partial charge in [-0.15, -0.1) is 0 Å². The number of piperidine rings is 1. The molecule has 20 heavy (non-hydrogen) atoms. The summed E-state index contributed by atoms with van der Waals surface area (Å²) in [5.41, 5.74) is 5.82. The monoisotopic (exact) mass is 294 g/mol. The van der Waals surface area contributed by atoms with Crippen LogP contribution >= 0.6 is 0 Å². The summed E-state index contributed by atoms with van der Waals surface area (Å²) in [5.74, 6) is 0.153. The Morgan fingerprint density at radius 1 is 1.60 bits per heavy atom. The Morgan fingerprint density at radius 2 is 2.35 bits per heavy atom. The predicted molar refractivity (Wildman–Crippen MR) is 74.1 cm³/mol. The molecule has 0 aromatic carbocycles. The van der Waals surface area contributed by atoms with Gasteiger partial charge in [0.2, 0.25) is 10.0 Å². The highest BCUT2D eigenvalue weighted by Gasteiger charge is 2.33. The smallest absolute Gasteiger partial charge is 0.245 e. The highest BCUT2D eigenvalue weighted by atomic mass is 32.2. The standard InChI is InChI=1S/C13H18N4O2S/c1-10(15)11-4-3-7-17(9-11)20(18,19)13-5-2-6-16-12(13)8-14/h2,5-6,10-11H,3-4,7,9,15H2,1H3. The van der Waals surface area contributed by atoms with Crippen molar-refractivity contribution in [2.45, 2.75) is 30.7 Å². The maximum atomic E-state index is 12.6. The number of nitrogens with two attached hydrogens (primary N) is 1. The SMILES string of the molecule is CC(N)C1CCCN(S(=O)(=O)c2cccnc2C#N)C1. The number of nitrogens with zero attached hydrogens (tertiary/aromatic N) is 3. The molecule has 1 fully saturated rings. The van der Waals surface area contributed by atoms with Gasteiger partial charge < -0.3 is 5.73 Å². The molecule has 2 heterocycles. The first-order chi connectivity index (χ1) is 9.46. The maximum absolute atomic E-state index is 12.6. The van der Waals surface area contributed by atoms with Gasteiger partial charge in [0.05, 0.1) is 0 Å². The van der Waals surface area contributed by atoms with Gasteiger partial charge in [0, 0.05) is 25.3 Å². The van der Waals surface area contributed by atoms with Crippen LogP contribution in [0.3, 0.4) is 0 Å². The van der Waals surface area contributed by atoms with Crippen LogP contribution in [0.5, 0.6) is 0 Å². The molecule has 6 nitrogen and oxygen atoms in total. The van der Waals surface area contributed by atoms with E-state index in [2.05, 4.69) is 4.98 Å². The molecule has 2 rings (SSSR count). The van der Waals surface area contributed by atoms with E-state index in [4.69, 9.17) is 11.0 Å². The van der Waals surface area contributed by atoms with Gasteiger partial charge in [-0.25, -0.2) is 13.4 Å². The van der Waals surface area contributed by atoms with Crippen LogP contribution in [0.15, 0.2) is 23.2 Å². The van der Waals surface area contributed by atoms with Gasteiger partial charge in [-0.1, -0.05) is 0 Å². The van der Waals surface area contributed by atoms with E-state index in [-0.39, 0.29) is 22.5 Å². The van der Waals surface area contributed by atoms with Crippen LogP contribution in [-0.4, -0.2) is 36.8 Å². The number of pyridine rings is 1. The number of sulfonamides is 1. The second-order valence-electron chi connectivity index (χ2n) is 5.09. The van der Waals surface area contributed by atoms with E-state index < -0.39 is 10.0 Å². The van der Waals surface area contributed by atoms with Crippen molar-refractivity contribution in [1.29, 1.82) is 5.26 Å². The van der Waals surface area contributed by atoms with Crippen molar-refractivity contribution >= 4 is 10.0 Å². The number of nitriles is 1. The molecule has 2 atom stereocenters. The van der Waals surface area contributed by atoms with Crippen LogP contribution in [0.1, 0.15) is 25.5 Å². The van der Waals surface area contributed by atoms with E-state index >= 15 is 0 Å². The van der Waals surface area contributed by atoms with Crippen LogP contribution in [0.25, 0.3) is 0 Å². The molecule has 0 spiro atoms. The first-order valence-electron chi connectivity index (χ1n) is 6.57. The van der Waals surface area contributed by atoms with Gasteiger partial charge in [0.15, 0.2) is 5.69 Å². The Hall–Kier alpha value is -1.49. The van der Waals surface area contributed by atoms with Gasteiger partial charge in [-0.2, -0.15) is 9.57 Å². The van der Waals surface area contributed by atoms with E-state index in [1.54, 1.807) is 0 Å². The summed E-state index contributed by atoms with van der Waals surface area (Å²) in [7, 11) is -3.68. The molecule has 0 saturated carbocycles. The Kier molecular flexibility index (Phi) is 4.38. The van der Waals surface area contributed by atoms with Gasteiger partial charge >= 0.3 is 0 Å². The summed E-state index contributed by atoms with van der Waals surface area (Å²) in [6, 6.07) is 4.74. The minimum absolute atomic E-state index is 0.0205. The summed E-state index contributed by atoms with van der Waals surface area (Å²) < 4.78 is 26.7. The molecule has 1 saturated heterocycles. The molecule has 0 bridgehead atoms. The lowest BCUT2D eigenvalue weighted by Crippen LogP contribution is -2.45. The van der Waals surface area contributed by atoms with Crippen molar-refractivity contribution in [3.63, 3.8) is 0 Å². The van der Waals surface area contributed by atoms with Crippen LogP contribution in [0, 0.1) is 17.2 Å². The van der Waals surface area contributed by atoms with E-state index in [0.29, 0.717) is 13.1 Å². The van der Waals surface area contributed by atoms with Crippen LogP contribution < -0.4 is 5.73 Å². The van der Waals surface area contributed by atoms with E-state index in [1.807, 2.05) is 13.0 Å². The van der Waals surface area contributed by atoms with Gasteiger partial charge in [-0.3, -0.25) is 0 Å². The summed E-state index contributed by atoms with van der Waals surface area (Å²) in [5, 5.41) is 9.00. The second-order valence-corrected chi connectivity index (χ2v) is 6.99. The third kappa shape index (κ3) is 2.82. The topological polar surface area (TPSA) is 100 Å². The van der Waals surface area contributed by atoms with Crippen molar-refractivity contribution in [2.24, 2.45) is 11.7 Å². The zero-order valence-electron chi connectivity index (χ0n) is 11.4. The molecule has 1 aliphatic heterocycles. The van der Waals surface area contributed by atoms with E-state index in [0.717, 1.165) is 12.8 Å². The fourth-order valence-electron chi connectivity index (χ4n) is 2.44. The molecule has 0 amide bonds. The lowest BCUT2D eigenvalue weighted by molar-refractivity contribution is 0.243. The average molecular weight is 294 g/mol. The normalized spacial score (nSPS) is 22.1. The molecule has 7 heteroatoms. The predicted octanol–water partition coefficient (Wildman–Crippen LogP) is 0.701. The van der Waals surface area contributed by atoms with Crippen LogP contribution in [0.2, 0.25) is 0 Å². The van der Waals surface area contributed by atoms with Crippen molar-refractivity contribution in [3.05, 3.63) is 24.0 Å². The molecule has 108 valence electrons. The summed E-state index contributed by atoms with van der Waals surface area (Å²) >= 11 is 0. The number of hydrogen-bond donors (Lipinski definition) is 1. The number of hydrogen-bond acceptors (Lipinski definition) is 5. The fraction of sp³-hybridized carbons (Fsp3) is 0.538. The molecular formula is C13H18N4O2S. The Labute approximate surface area is 119 Å². The molecule has 2 N–H and O–H groups in total. The lowest BCUT2D eigenvalue weighted by Gasteiger charge is -2.33. The van der Waals surface area contributed by atoms with Crippen molar-refractivity contribution < 1.29 is 8.42 Å². The zero-order chi connectivity index (χ0) is 14.8. The molecule has 0 aliphatic carbocycles. The first-order valence-corrected chi connectivity index (χ1v) is 8.01. The van der Waals surface area contributed by atoms with Crippen molar-refractivity contribution in [1.82, 2.24) is 9.29 Å². The summed E-state index contributed by atoms with van der Waals surface area (Å²) in [6.45, 7) is 2.76. The zero-order valence-corrected chi connectivity index (χ0v) is 12.2. The summed E-state index contributed by atoms with van der Waals surface area (Å²) in [4.78, 5) is 3.80. The van der Waals surface area contributed by atoms with Crippen LogP contribution in [0.4, 0.5) is 0 Å². The van der Waals surface area contributed by atoms with Gasteiger partial charge in [-0.05, 0) is 37.8 Å². The fourth-order valence-corrected chi connectivity index (χ4v) is 4.07. The third-order valence-corrected chi connectivity index (χ3v) is 5.56. The van der Waals surface area contributed by atoms with Gasteiger partial charge in [0.25, 0.3) is 0 Å². The minimum Gasteiger partial charge on any atom is -0.328 e. The molecule has 1 aromatic rings. The van der Waals surface area contributed by atoms with Crippen LogP contribution in [-0.2, 0) is 10.0 Å². The quantitative estimate of drug-likeness (QED) is 0.884. The third-order valence-electron chi connectivity index (χ3n) is 3.66. The largest absolute Gasteiger partial charge is 0.328 e. The molecule has 0 radical (unpaired) electrons. The number of aromatic nitrogens is 1. The highest BCUT2D eigenvalue weighted by Crippen LogP contribution is 2.25. The lowest BCUT2D eigenvalue weighted by atomic mass is 9.93. The second kappa shape index (κ2) is 5.87. The molecule has 1 aliphatic rings. The highest BCUT2D eigenvalue weighted by molar-refractivity contribution is 7.89. The Bertz CT molecular complexity index is 622. The summed E-state index contributed by atoms with van der Waals surface area (Å²) in [6.07, 6.45) is 3.13. The van der Waals surface area contributed by atoms with E-state index in [1.165, 1.54) is 22.6 Å².